The van der Waals surface area contributed by atoms with Crippen LogP contribution in [0.4, 0.5) is 4.39 Å². The standard InChI is InChI=1S/C21H24FN3O2/c1-15-23-21-17(22)9-6-10-19(21)25(15)13-11-18(16-7-4-3-5-8-16)24-20(26)12-14-27-2/h3-10,18H,11-14H2,1-2H3,(H,24,26)/t18-/m0/s1. The molecule has 5 nitrogen and oxygen atoms in total. The van der Waals surface area contributed by atoms with Crippen molar-refractivity contribution >= 4 is 16.9 Å². The van der Waals surface area contributed by atoms with E-state index >= 15 is 0 Å². The molecule has 0 fully saturated rings. The molecule has 0 bridgehead atoms. The van der Waals surface area contributed by atoms with Crippen LogP contribution >= 0.6 is 0 Å². The number of rotatable bonds is 8. The van der Waals surface area contributed by atoms with Crippen LogP contribution in [0.1, 0.15) is 30.3 Å². The van der Waals surface area contributed by atoms with Gasteiger partial charge in [0.2, 0.25) is 5.91 Å². The van der Waals surface area contributed by atoms with Gasteiger partial charge in [-0.15, -0.1) is 0 Å². The van der Waals surface area contributed by atoms with E-state index in [1.165, 1.54) is 6.07 Å². The molecule has 3 aromatic rings. The van der Waals surface area contributed by atoms with Crippen molar-refractivity contribution < 1.29 is 13.9 Å². The van der Waals surface area contributed by atoms with Crippen LogP contribution in [-0.4, -0.2) is 29.2 Å². The Labute approximate surface area is 158 Å². The molecule has 0 saturated carbocycles. The van der Waals surface area contributed by atoms with Crippen molar-refractivity contribution in [3.05, 3.63) is 65.7 Å². The predicted octanol–water partition coefficient (Wildman–Crippen LogP) is 3.77. The van der Waals surface area contributed by atoms with Gasteiger partial charge in [0.05, 0.1) is 18.2 Å². The number of methoxy groups -OCH3 is 1. The number of nitrogens with zero attached hydrogens (tertiary/aromatic N) is 2. The summed E-state index contributed by atoms with van der Waals surface area (Å²) in [6.07, 6.45) is 0.990. The smallest absolute Gasteiger partial charge is 0.222 e. The summed E-state index contributed by atoms with van der Waals surface area (Å²) in [6, 6.07) is 14.7. The number of carbonyl (C=O) groups is 1. The first-order valence-electron chi connectivity index (χ1n) is 9.04. The molecule has 1 N–H and O–H groups in total. The van der Waals surface area contributed by atoms with Crippen LogP contribution < -0.4 is 5.32 Å². The largest absolute Gasteiger partial charge is 0.384 e. The van der Waals surface area contributed by atoms with E-state index in [-0.39, 0.29) is 17.8 Å². The topological polar surface area (TPSA) is 56.1 Å². The van der Waals surface area contributed by atoms with Crippen LogP contribution in [0, 0.1) is 12.7 Å². The molecular formula is C21H24FN3O2. The number of hydrogen-bond donors (Lipinski definition) is 1. The fourth-order valence-corrected chi connectivity index (χ4v) is 3.24. The Morgan fingerprint density at radius 1 is 1.22 bits per heavy atom. The number of aromatic nitrogens is 2. The maximum absolute atomic E-state index is 14.0. The van der Waals surface area contributed by atoms with Gasteiger partial charge in [0.15, 0.2) is 5.82 Å². The SMILES string of the molecule is COCCC(=O)N[C@@H](CCn1c(C)nc2c(F)cccc21)c1ccccc1. The van der Waals surface area contributed by atoms with Crippen molar-refractivity contribution in [3.63, 3.8) is 0 Å². The van der Waals surface area contributed by atoms with Gasteiger partial charge in [0.1, 0.15) is 11.3 Å². The molecule has 0 radical (unpaired) electrons. The minimum absolute atomic E-state index is 0.0519. The second-order valence-electron chi connectivity index (χ2n) is 6.48. The summed E-state index contributed by atoms with van der Waals surface area (Å²) in [5, 5.41) is 3.08. The van der Waals surface area contributed by atoms with Gasteiger partial charge >= 0.3 is 0 Å². The van der Waals surface area contributed by atoms with Crippen molar-refractivity contribution in [1.82, 2.24) is 14.9 Å². The first-order valence-corrected chi connectivity index (χ1v) is 9.04. The molecule has 142 valence electrons. The number of nitrogens with one attached hydrogen (secondary N) is 1. The second-order valence-corrected chi connectivity index (χ2v) is 6.48. The summed E-state index contributed by atoms with van der Waals surface area (Å²) in [7, 11) is 1.58. The molecule has 6 heteroatoms. The number of benzene rings is 2. The highest BCUT2D eigenvalue weighted by atomic mass is 19.1. The molecule has 1 heterocycles. The number of ether oxygens (including phenoxy) is 1. The Morgan fingerprint density at radius 2 is 2.00 bits per heavy atom. The molecule has 0 aliphatic carbocycles. The zero-order valence-corrected chi connectivity index (χ0v) is 15.6. The molecule has 1 aromatic heterocycles. The van der Waals surface area contributed by atoms with Gasteiger partial charge in [-0.05, 0) is 31.0 Å². The highest BCUT2D eigenvalue weighted by molar-refractivity contribution is 5.77. The lowest BCUT2D eigenvalue weighted by molar-refractivity contribution is -0.122. The van der Waals surface area contributed by atoms with E-state index in [1.807, 2.05) is 47.9 Å². The summed E-state index contributed by atoms with van der Waals surface area (Å²) in [6.45, 7) is 2.88. The lowest BCUT2D eigenvalue weighted by Gasteiger charge is -2.20. The molecule has 3 rings (SSSR count). The van der Waals surface area contributed by atoms with E-state index in [4.69, 9.17) is 4.74 Å². The Balaban J connectivity index is 1.80. The summed E-state index contributed by atoms with van der Waals surface area (Å²) < 4.78 is 21.0. The number of carbonyl (C=O) groups excluding carboxylic acids is 1. The van der Waals surface area contributed by atoms with E-state index in [0.717, 1.165) is 16.9 Å². The third-order valence-electron chi connectivity index (χ3n) is 4.63. The average molecular weight is 369 g/mol. The van der Waals surface area contributed by atoms with Crippen LogP contribution in [0.25, 0.3) is 11.0 Å². The maximum Gasteiger partial charge on any atom is 0.222 e. The van der Waals surface area contributed by atoms with Gasteiger partial charge in [-0.3, -0.25) is 4.79 Å². The van der Waals surface area contributed by atoms with Crippen molar-refractivity contribution in [3.8, 4) is 0 Å². The molecule has 0 aliphatic rings. The Bertz CT molecular complexity index is 908. The molecule has 0 spiro atoms. The number of para-hydroxylation sites is 1. The molecular weight excluding hydrogens is 345 g/mol. The third kappa shape index (κ3) is 4.52. The van der Waals surface area contributed by atoms with Crippen molar-refractivity contribution in [2.24, 2.45) is 0 Å². The fraction of sp³-hybridized carbons (Fsp3) is 0.333. The second kappa shape index (κ2) is 8.77. The van der Waals surface area contributed by atoms with Gasteiger partial charge in [0, 0.05) is 20.1 Å². The lowest BCUT2D eigenvalue weighted by Crippen LogP contribution is -2.30. The van der Waals surface area contributed by atoms with E-state index in [0.29, 0.717) is 31.5 Å². The van der Waals surface area contributed by atoms with E-state index in [1.54, 1.807) is 13.2 Å². The Kier molecular flexibility index (Phi) is 6.19. The zero-order valence-electron chi connectivity index (χ0n) is 15.6. The van der Waals surface area contributed by atoms with Crippen molar-refractivity contribution in [1.29, 1.82) is 0 Å². The molecule has 2 aromatic carbocycles. The van der Waals surface area contributed by atoms with Crippen LogP contribution in [0.5, 0.6) is 0 Å². The summed E-state index contributed by atoms with van der Waals surface area (Å²) >= 11 is 0. The maximum atomic E-state index is 14.0. The molecule has 0 unspecified atom stereocenters. The lowest BCUT2D eigenvalue weighted by atomic mass is 10.0. The van der Waals surface area contributed by atoms with E-state index in [9.17, 15) is 9.18 Å². The Morgan fingerprint density at radius 3 is 2.74 bits per heavy atom. The summed E-state index contributed by atoms with van der Waals surface area (Å²) in [4.78, 5) is 16.6. The quantitative estimate of drug-likeness (QED) is 0.658. The fourth-order valence-electron chi connectivity index (χ4n) is 3.24. The predicted molar refractivity (Wildman–Crippen MR) is 103 cm³/mol. The van der Waals surface area contributed by atoms with Crippen molar-refractivity contribution in [2.75, 3.05) is 13.7 Å². The van der Waals surface area contributed by atoms with Crippen LogP contribution in [0.3, 0.4) is 0 Å². The highest BCUT2D eigenvalue weighted by Crippen LogP contribution is 2.23. The number of hydrogen-bond acceptors (Lipinski definition) is 3. The van der Waals surface area contributed by atoms with E-state index < -0.39 is 0 Å². The van der Waals surface area contributed by atoms with Crippen molar-refractivity contribution in [2.45, 2.75) is 32.4 Å². The first-order chi connectivity index (χ1) is 13.1. The number of halogens is 1. The monoisotopic (exact) mass is 369 g/mol. The number of aryl methyl sites for hydroxylation is 2. The van der Waals surface area contributed by atoms with Crippen LogP contribution in [0.15, 0.2) is 48.5 Å². The Hall–Kier alpha value is -2.73. The van der Waals surface area contributed by atoms with E-state index in [2.05, 4.69) is 10.3 Å². The normalized spacial score (nSPS) is 12.3. The minimum Gasteiger partial charge on any atom is -0.384 e. The van der Waals surface area contributed by atoms with Gasteiger partial charge in [0.25, 0.3) is 0 Å². The number of fused-ring (bicyclic) bond motifs is 1. The molecule has 1 atom stereocenters. The highest BCUT2D eigenvalue weighted by Gasteiger charge is 2.17. The summed E-state index contributed by atoms with van der Waals surface area (Å²) in [5.41, 5.74) is 2.19. The number of imidazole rings is 1. The minimum atomic E-state index is -0.318. The first kappa shape index (κ1) is 19.0. The third-order valence-corrected chi connectivity index (χ3v) is 4.63. The number of amides is 1. The van der Waals surface area contributed by atoms with Gasteiger partial charge in [-0.25, -0.2) is 9.37 Å². The van der Waals surface area contributed by atoms with Gasteiger partial charge in [-0.2, -0.15) is 0 Å². The molecule has 0 aliphatic heterocycles. The molecule has 0 saturated heterocycles. The molecule has 1 amide bonds. The zero-order chi connectivity index (χ0) is 19.2. The van der Waals surface area contributed by atoms with Crippen LogP contribution in [0.2, 0.25) is 0 Å². The molecule has 27 heavy (non-hydrogen) atoms. The van der Waals surface area contributed by atoms with Gasteiger partial charge in [-0.1, -0.05) is 36.4 Å². The van der Waals surface area contributed by atoms with Crippen LogP contribution in [-0.2, 0) is 16.1 Å². The van der Waals surface area contributed by atoms with Gasteiger partial charge < -0.3 is 14.6 Å². The summed E-state index contributed by atoms with van der Waals surface area (Å²) in [5.74, 6) is 0.387. The average Bonchev–Trinajstić information content (AvgIpc) is 3.01.